The number of carbonyl (C=O) groups excluding carboxylic acids is 2. The summed E-state index contributed by atoms with van der Waals surface area (Å²) in [5, 5.41) is 11.2. The zero-order valence-corrected chi connectivity index (χ0v) is 17.5. The number of likely N-dealkylation sites (tertiary alicyclic amines) is 1. The topological polar surface area (TPSA) is 66.8 Å². The smallest absolute Gasteiger partial charge is 0.295 e. The molecule has 4 rings (SSSR count). The first-order chi connectivity index (χ1) is 14.5. The predicted octanol–water partition coefficient (Wildman–Crippen LogP) is 3.94. The second-order valence-corrected chi connectivity index (χ2v) is 8.03. The van der Waals surface area contributed by atoms with Crippen LogP contribution >= 0.6 is 0 Å². The molecule has 156 valence electrons. The van der Waals surface area contributed by atoms with Gasteiger partial charge in [-0.2, -0.15) is 0 Å². The van der Waals surface area contributed by atoms with Crippen molar-refractivity contribution in [3.05, 3.63) is 75.9 Å². The molecule has 1 heterocycles. The van der Waals surface area contributed by atoms with E-state index in [1.54, 1.807) is 7.11 Å². The lowest BCUT2D eigenvalue weighted by Crippen LogP contribution is -2.32. The first-order valence-corrected chi connectivity index (χ1v) is 10.5. The number of Topliss-reactive ketones (excluding diaryl/α,β-unsaturated/α-hetero) is 1. The molecule has 1 fully saturated rings. The summed E-state index contributed by atoms with van der Waals surface area (Å²) in [6.07, 6.45) is 4.32. The van der Waals surface area contributed by atoms with Gasteiger partial charge < -0.3 is 14.7 Å². The number of amides is 1. The molecule has 1 amide bonds. The van der Waals surface area contributed by atoms with Crippen LogP contribution in [0.5, 0.6) is 0 Å². The number of hydrogen-bond acceptors (Lipinski definition) is 4. The molecule has 1 aliphatic carbocycles. The Morgan fingerprint density at radius 1 is 1.10 bits per heavy atom. The minimum Gasteiger partial charge on any atom is -0.507 e. The third-order valence-electron chi connectivity index (χ3n) is 6.18. The van der Waals surface area contributed by atoms with Crippen LogP contribution in [-0.4, -0.2) is 42.0 Å². The number of rotatable bonds is 5. The van der Waals surface area contributed by atoms with Crippen LogP contribution in [0.4, 0.5) is 0 Å². The lowest BCUT2D eigenvalue weighted by molar-refractivity contribution is -0.140. The van der Waals surface area contributed by atoms with Crippen molar-refractivity contribution in [3.8, 4) is 0 Å². The summed E-state index contributed by atoms with van der Waals surface area (Å²) in [5.74, 6) is -1.34. The number of hydrogen-bond donors (Lipinski definition) is 1. The van der Waals surface area contributed by atoms with Gasteiger partial charge in [-0.1, -0.05) is 36.4 Å². The third-order valence-corrected chi connectivity index (χ3v) is 6.18. The van der Waals surface area contributed by atoms with Gasteiger partial charge in [0.1, 0.15) is 5.76 Å². The van der Waals surface area contributed by atoms with E-state index < -0.39 is 17.7 Å². The minimum absolute atomic E-state index is 0.102. The summed E-state index contributed by atoms with van der Waals surface area (Å²) < 4.78 is 5.16. The number of aliphatic hydroxyl groups is 1. The predicted molar refractivity (Wildman–Crippen MR) is 115 cm³/mol. The highest BCUT2D eigenvalue weighted by Crippen LogP contribution is 2.40. The number of methoxy groups -OCH3 is 1. The number of carbonyl (C=O) groups is 2. The minimum atomic E-state index is -0.644. The van der Waals surface area contributed by atoms with Crippen molar-refractivity contribution in [1.29, 1.82) is 0 Å². The molecule has 1 unspecified atom stereocenters. The second kappa shape index (κ2) is 8.44. The van der Waals surface area contributed by atoms with Crippen LogP contribution in [0.25, 0.3) is 5.76 Å². The number of fused-ring (bicyclic) bond motifs is 1. The summed E-state index contributed by atoms with van der Waals surface area (Å²) in [5.41, 5.74) is 5.07. The molecule has 5 heteroatoms. The molecule has 30 heavy (non-hydrogen) atoms. The number of aryl methyl sites for hydroxylation is 3. The zero-order chi connectivity index (χ0) is 21.3. The van der Waals surface area contributed by atoms with Gasteiger partial charge >= 0.3 is 0 Å². The van der Waals surface area contributed by atoms with Crippen molar-refractivity contribution in [2.24, 2.45) is 0 Å². The first-order valence-electron chi connectivity index (χ1n) is 10.5. The molecule has 5 nitrogen and oxygen atoms in total. The van der Waals surface area contributed by atoms with E-state index in [1.165, 1.54) is 22.4 Å². The maximum absolute atomic E-state index is 13.0. The number of ketones is 1. The monoisotopic (exact) mass is 405 g/mol. The van der Waals surface area contributed by atoms with Crippen molar-refractivity contribution in [2.75, 3.05) is 20.3 Å². The Hall–Kier alpha value is -2.92. The molecule has 1 saturated heterocycles. The standard InChI is InChI=1S/C25H27NO4/c1-16-7-3-6-10-20(16)22-21(24(28)25(29)26(22)13-14-30-2)23(27)19-12-11-17-8-4-5-9-18(17)15-19/h3,6-7,10-12,15,22,27H,4-5,8-9,13-14H2,1-2H3/b23-21+. The molecule has 2 aromatic carbocycles. The van der Waals surface area contributed by atoms with E-state index in [0.717, 1.165) is 30.4 Å². The van der Waals surface area contributed by atoms with Crippen LogP contribution in [0.3, 0.4) is 0 Å². The Balaban J connectivity index is 1.85. The molecule has 1 atom stereocenters. The number of aliphatic hydroxyl groups excluding tert-OH is 1. The Kier molecular flexibility index (Phi) is 5.73. The second-order valence-electron chi connectivity index (χ2n) is 8.03. The van der Waals surface area contributed by atoms with Crippen molar-refractivity contribution in [2.45, 2.75) is 38.6 Å². The zero-order valence-electron chi connectivity index (χ0n) is 17.5. The Morgan fingerprint density at radius 2 is 1.83 bits per heavy atom. The average molecular weight is 405 g/mol. The van der Waals surface area contributed by atoms with Crippen LogP contribution in [0.15, 0.2) is 48.0 Å². The van der Waals surface area contributed by atoms with Gasteiger partial charge in [0.25, 0.3) is 11.7 Å². The molecular weight excluding hydrogens is 378 g/mol. The highest BCUT2D eigenvalue weighted by molar-refractivity contribution is 6.46. The molecule has 0 radical (unpaired) electrons. The largest absolute Gasteiger partial charge is 0.507 e. The van der Waals surface area contributed by atoms with Crippen molar-refractivity contribution in [1.82, 2.24) is 4.90 Å². The molecule has 0 aromatic heterocycles. The highest BCUT2D eigenvalue weighted by atomic mass is 16.5. The van der Waals surface area contributed by atoms with E-state index in [-0.39, 0.29) is 17.9 Å². The fourth-order valence-electron chi connectivity index (χ4n) is 4.55. The van der Waals surface area contributed by atoms with Crippen LogP contribution in [0, 0.1) is 6.92 Å². The van der Waals surface area contributed by atoms with Crippen LogP contribution in [0.1, 0.15) is 46.7 Å². The molecule has 2 aliphatic rings. The summed E-state index contributed by atoms with van der Waals surface area (Å²) in [7, 11) is 1.56. The molecule has 0 spiro atoms. The van der Waals surface area contributed by atoms with Gasteiger partial charge in [-0.15, -0.1) is 0 Å². The van der Waals surface area contributed by atoms with Gasteiger partial charge in [0.15, 0.2) is 0 Å². The van der Waals surface area contributed by atoms with E-state index in [2.05, 4.69) is 0 Å². The first kappa shape index (κ1) is 20.4. The van der Waals surface area contributed by atoms with E-state index in [4.69, 9.17) is 4.74 Å². The van der Waals surface area contributed by atoms with Crippen LogP contribution in [-0.2, 0) is 27.2 Å². The lowest BCUT2D eigenvalue weighted by Gasteiger charge is -2.26. The number of nitrogens with zero attached hydrogens (tertiary/aromatic N) is 1. The fraction of sp³-hybridized carbons (Fsp3) is 0.360. The SMILES string of the molecule is COCCN1C(=O)C(=O)/C(=C(/O)c2ccc3c(c2)CCCC3)C1c1ccccc1C. The fourth-order valence-corrected chi connectivity index (χ4v) is 4.55. The van der Waals surface area contributed by atoms with Gasteiger partial charge in [-0.05, 0) is 60.9 Å². The van der Waals surface area contributed by atoms with Gasteiger partial charge in [-0.3, -0.25) is 9.59 Å². The van der Waals surface area contributed by atoms with E-state index in [9.17, 15) is 14.7 Å². The summed E-state index contributed by atoms with van der Waals surface area (Å²) in [6.45, 7) is 2.54. The van der Waals surface area contributed by atoms with E-state index in [0.29, 0.717) is 12.2 Å². The number of ether oxygens (including phenoxy) is 1. The van der Waals surface area contributed by atoms with E-state index in [1.807, 2.05) is 49.4 Å². The maximum Gasteiger partial charge on any atom is 0.295 e. The summed E-state index contributed by atoms with van der Waals surface area (Å²) in [6, 6.07) is 12.9. The third kappa shape index (κ3) is 3.54. The average Bonchev–Trinajstić information content (AvgIpc) is 3.01. The molecule has 0 bridgehead atoms. The normalized spacial score (nSPS) is 20.5. The van der Waals surface area contributed by atoms with Crippen molar-refractivity contribution >= 4 is 17.4 Å². The summed E-state index contributed by atoms with van der Waals surface area (Å²) in [4.78, 5) is 27.4. The maximum atomic E-state index is 13.0. The molecule has 2 aromatic rings. The Morgan fingerprint density at radius 3 is 2.57 bits per heavy atom. The summed E-state index contributed by atoms with van der Waals surface area (Å²) >= 11 is 0. The molecule has 1 N–H and O–H groups in total. The number of benzene rings is 2. The van der Waals surface area contributed by atoms with Gasteiger partial charge in [0.2, 0.25) is 0 Å². The highest BCUT2D eigenvalue weighted by Gasteiger charge is 2.46. The van der Waals surface area contributed by atoms with Gasteiger partial charge in [-0.25, -0.2) is 0 Å². The quantitative estimate of drug-likeness (QED) is 0.465. The lowest BCUT2D eigenvalue weighted by atomic mass is 9.88. The molecular formula is C25H27NO4. The Labute approximate surface area is 177 Å². The van der Waals surface area contributed by atoms with Crippen LogP contribution in [0.2, 0.25) is 0 Å². The Bertz CT molecular complexity index is 1020. The molecule has 0 saturated carbocycles. The molecule has 1 aliphatic heterocycles. The van der Waals surface area contributed by atoms with Gasteiger partial charge in [0.05, 0.1) is 18.2 Å². The van der Waals surface area contributed by atoms with Crippen LogP contribution < -0.4 is 0 Å². The van der Waals surface area contributed by atoms with Crippen molar-refractivity contribution < 1.29 is 19.4 Å². The van der Waals surface area contributed by atoms with Gasteiger partial charge in [0, 0.05) is 19.2 Å². The van der Waals surface area contributed by atoms with E-state index >= 15 is 0 Å². The van der Waals surface area contributed by atoms with Crippen molar-refractivity contribution in [3.63, 3.8) is 0 Å².